The minimum Gasteiger partial charge on any atom is -0.103 e. The molecule has 1 aromatic rings. The molecule has 1 aromatic carbocycles. The maximum atomic E-state index is 4.23. The van der Waals surface area contributed by atoms with Crippen LogP contribution in [0.4, 0.5) is 0 Å². The van der Waals surface area contributed by atoms with Crippen molar-refractivity contribution in [1.29, 1.82) is 0 Å². The van der Waals surface area contributed by atoms with Gasteiger partial charge in [0.1, 0.15) is 0 Å². The van der Waals surface area contributed by atoms with Crippen molar-refractivity contribution < 1.29 is 0 Å². The van der Waals surface area contributed by atoms with Crippen LogP contribution in [0.2, 0.25) is 18.1 Å². The first-order chi connectivity index (χ1) is 15.7. The molecule has 5 aliphatic carbocycles. The van der Waals surface area contributed by atoms with E-state index in [9.17, 15) is 0 Å². The summed E-state index contributed by atoms with van der Waals surface area (Å²) in [5.41, 5.74) is 5.65. The van der Waals surface area contributed by atoms with Crippen molar-refractivity contribution in [1.82, 2.24) is 0 Å². The van der Waals surface area contributed by atoms with Gasteiger partial charge in [-0.2, -0.15) is 0 Å². The van der Waals surface area contributed by atoms with E-state index in [1.165, 1.54) is 63.8 Å². The molecule has 0 saturated heterocycles. The van der Waals surface area contributed by atoms with Crippen molar-refractivity contribution in [2.24, 2.45) is 29.6 Å². The molecule has 0 amide bonds. The van der Waals surface area contributed by atoms with Crippen LogP contribution >= 0.6 is 0 Å². The van der Waals surface area contributed by atoms with Gasteiger partial charge >= 0.3 is 0 Å². The van der Waals surface area contributed by atoms with Gasteiger partial charge in [0.2, 0.25) is 0 Å². The van der Waals surface area contributed by atoms with Gasteiger partial charge in [-0.05, 0) is 89.8 Å². The number of benzene rings is 1. The molecule has 0 N–H and O–H groups in total. The highest BCUT2D eigenvalue weighted by atomic mass is 28.3. The van der Waals surface area contributed by atoms with Crippen LogP contribution in [0.5, 0.6) is 0 Å². The zero-order valence-corrected chi connectivity index (χ0v) is 21.6. The quantitative estimate of drug-likeness (QED) is 0.312. The van der Waals surface area contributed by atoms with Gasteiger partial charge < -0.3 is 0 Å². The molecule has 0 aliphatic heterocycles. The van der Waals surface area contributed by atoms with Gasteiger partial charge in [-0.3, -0.25) is 0 Å². The Kier molecular flexibility index (Phi) is 5.93. The SMILES string of the molecule is C=CCC[Si](C)(C1c2ccccc2[C@@H]2CCCCC12)C1C2CCCC[C@H]2[C@@H]2CCCC[C@@H]12. The molecule has 0 aromatic heterocycles. The van der Waals surface area contributed by atoms with Crippen LogP contribution in [0.15, 0.2) is 36.9 Å². The molecule has 4 saturated carbocycles. The molecule has 0 nitrogen and oxygen atoms in total. The lowest BCUT2D eigenvalue weighted by Crippen LogP contribution is -2.49. The van der Waals surface area contributed by atoms with Crippen molar-refractivity contribution in [3.05, 3.63) is 48.0 Å². The Morgan fingerprint density at radius 2 is 1.28 bits per heavy atom. The third-order valence-electron chi connectivity index (χ3n) is 11.6. The number of hydrogen-bond acceptors (Lipinski definition) is 0. The van der Waals surface area contributed by atoms with Crippen LogP contribution < -0.4 is 0 Å². The van der Waals surface area contributed by atoms with Crippen LogP contribution in [0, 0.1) is 29.6 Å². The molecule has 9 atom stereocenters. The van der Waals surface area contributed by atoms with Gasteiger partial charge in [0.05, 0.1) is 8.07 Å². The minimum atomic E-state index is -1.55. The first kappa shape index (κ1) is 21.7. The molecule has 0 heterocycles. The standard InChI is InChI=1S/C31H46Si/c1-3-4-21-32(2,30-26-17-9-5-13-22(26)23-14-6-10-18-27(23)30)31-28-19-11-7-15-24(28)25-16-8-12-20-29(25)31/h3,5,9,13,17,23-25,27-31H,1,4,6-8,10-12,14-16,18-21H2,2H3/t23-,24-,25-,27?,28+,29?,30?,31?,32?/m0/s1. The largest absolute Gasteiger partial charge is 0.103 e. The summed E-state index contributed by atoms with van der Waals surface area (Å²) >= 11 is 0. The lowest BCUT2D eigenvalue weighted by molar-refractivity contribution is 0.184. The molecular formula is C31H46Si. The molecule has 0 radical (unpaired) electrons. The van der Waals surface area contributed by atoms with Crippen molar-refractivity contribution >= 4 is 8.07 Å². The van der Waals surface area contributed by atoms with Crippen molar-refractivity contribution in [2.75, 3.05) is 0 Å². The smallest absolute Gasteiger partial charge is 0.0625 e. The molecule has 4 fully saturated rings. The second-order valence-corrected chi connectivity index (χ2v) is 17.5. The van der Waals surface area contributed by atoms with E-state index in [0.29, 0.717) is 0 Å². The first-order valence-electron chi connectivity index (χ1n) is 14.4. The number of hydrogen-bond donors (Lipinski definition) is 0. The van der Waals surface area contributed by atoms with Crippen LogP contribution in [0.25, 0.3) is 0 Å². The fourth-order valence-electron chi connectivity index (χ4n) is 10.7. The summed E-state index contributed by atoms with van der Waals surface area (Å²) < 4.78 is 0. The number of fused-ring (bicyclic) bond motifs is 6. The summed E-state index contributed by atoms with van der Waals surface area (Å²) in [7, 11) is -1.55. The molecule has 1 heteroatoms. The molecule has 5 unspecified atom stereocenters. The second kappa shape index (κ2) is 8.75. The van der Waals surface area contributed by atoms with Crippen LogP contribution in [0.3, 0.4) is 0 Å². The summed E-state index contributed by atoms with van der Waals surface area (Å²) in [4.78, 5) is 0. The fourth-order valence-corrected chi connectivity index (χ4v) is 17.7. The predicted octanol–water partition coefficient (Wildman–Crippen LogP) is 9.25. The highest BCUT2D eigenvalue weighted by Gasteiger charge is 2.61. The topological polar surface area (TPSA) is 0 Å². The average Bonchev–Trinajstić information content (AvgIpc) is 3.37. The normalized spacial score (nSPS) is 42.3. The van der Waals surface area contributed by atoms with Crippen molar-refractivity contribution in [2.45, 2.75) is 113 Å². The Balaban J connectivity index is 1.46. The Morgan fingerprint density at radius 3 is 1.91 bits per heavy atom. The third-order valence-corrected chi connectivity index (χ3v) is 17.5. The highest BCUT2D eigenvalue weighted by molar-refractivity contribution is 6.81. The predicted molar refractivity (Wildman–Crippen MR) is 140 cm³/mol. The lowest BCUT2D eigenvalue weighted by Gasteiger charge is -2.49. The van der Waals surface area contributed by atoms with Gasteiger partial charge in [0, 0.05) is 0 Å². The number of rotatable bonds is 5. The Hall–Kier alpha value is -0.823. The van der Waals surface area contributed by atoms with E-state index in [1.54, 1.807) is 31.2 Å². The van der Waals surface area contributed by atoms with Gasteiger partial charge in [0.25, 0.3) is 0 Å². The molecule has 0 spiro atoms. The summed E-state index contributed by atoms with van der Waals surface area (Å²) in [6.45, 7) is 7.17. The molecule has 32 heavy (non-hydrogen) atoms. The average molecular weight is 447 g/mol. The van der Waals surface area contributed by atoms with E-state index in [4.69, 9.17) is 0 Å². The van der Waals surface area contributed by atoms with E-state index < -0.39 is 8.07 Å². The van der Waals surface area contributed by atoms with Gasteiger partial charge in [0.15, 0.2) is 0 Å². The maximum absolute atomic E-state index is 4.23. The summed E-state index contributed by atoms with van der Waals surface area (Å²) in [6, 6.07) is 11.4. The van der Waals surface area contributed by atoms with Crippen LogP contribution in [0.1, 0.15) is 106 Å². The Labute approximate surface area is 198 Å². The molecular weight excluding hydrogens is 400 g/mol. The zero-order chi connectivity index (χ0) is 21.7. The Bertz CT molecular complexity index is 806. The number of allylic oxidation sites excluding steroid dienone is 1. The molecule has 6 rings (SSSR count). The first-order valence-corrected chi connectivity index (χ1v) is 17.3. The van der Waals surface area contributed by atoms with Crippen LogP contribution in [-0.4, -0.2) is 8.07 Å². The minimum absolute atomic E-state index is 0.881. The summed E-state index contributed by atoms with van der Waals surface area (Å²) in [6.07, 6.45) is 21.9. The molecule has 5 aliphatic rings. The summed E-state index contributed by atoms with van der Waals surface area (Å²) in [5, 5.41) is 0. The van der Waals surface area contributed by atoms with Crippen molar-refractivity contribution in [3.63, 3.8) is 0 Å². The molecule has 0 bridgehead atoms. The van der Waals surface area contributed by atoms with E-state index >= 15 is 0 Å². The van der Waals surface area contributed by atoms with Gasteiger partial charge in [-0.15, -0.1) is 6.58 Å². The maximum Gasteiger partial charge on any atom is 0.0625 e. The third kappa shape index (κ3) is 3.27. The van der Waals surface area contributed by atoms with E-state index in [0.717, 1.165) is 46.6 Å². The summed E-state index contributed by atoms with van der Waals surface area (Å²) in [5.74, 6) is 6.18. The van der Waals surface area contributed by atoms with Crippen molar-refractivity contribution in [3.8, 4) is 0 Å². The van der Waals surface area contributed by atoms with Gasteiger partial charge in [-0.25, -0.2) is 0 Å². The molecule has 174 valence electrons. The lowest BCUT2D eigenvalue weighted by atomic mass is 9.73. The van der Waals surface area contributed by atoms with E-state index in [1.807, 2.05) is 5.56 Å². The second-order valence-electron chi connectivity index (χ2n) is 12.7. The highest BCUT2D eigenvalue weighted by Crippen LogP contribution is 2.68. The zero-order valence-electron chi connectivity index (χ0n) is 20.6. The van der Waals surface area contributed by atoms with Crippen LogP contribution in [-0.2, 0) is 0 Å². The van der Waals surface area contributed by atoms with E-state index in [2.05, 4.69) is 43.5 Å². The Morgan fingerprint density at radius 1 is 0.750 bits per heavy atom. The fraction of sp³-hybridized carbons (Fsp3) is 0.742. The van der Waals surface area contributed by atoms with Gasteiger partial charge in [-0.1, -0.05) is 94.3 Å². The van der Waals surface area contributed by atoms with E-state index in [-0.39, 0.29) is 0 Å². The monoisotopic (exact) mass is 446 g/mol.